The number of halogens is 3. The highest BCUT2D eigenvalue weighted by atomic mass is 19.4. The van der Waals surface area contributed by atoms with Crippen LogP contribution in [0.2, 0.25) is 0 Å². The van der Waals surface area contributed by atoms with Gasteiger partial charge in [-0.2, -0.15) is 13.2 Å². The van der Waals surface area contributed by atoms with Gasteiger partial charge < -0.3 is 9.84 Å². The second-order valence-corrected chi connectivity index (χ2v) is 4.64. The van der Waals surface area contributed by atoms with Crippen LogP contribution in [0.25, 0.3) is 0 Å². The van der Waals surface area contributed by atoms with Crippen LogP contribution in [-0.2, 0) is 10.9 Å². The Hall–Kier alpha value is -2.34. The normalized spacial score (nSPS) is 12.8. The van der Waals surface area contributed by atoms with Crippen LogP contribution in [-0.4, -0.2) is 18.2 Å². The molecule has 0 heterocycles. The van der Waals surface area contributed by atoms with Crippen LogP contribution in [0.4, 0.5) is 13.2 Å². The first-order valence-electron chi connectivity index (χ1n) is 6.36. The van der Waals surface area contributed by atoms with Crippen LogP contribution in [0.15, 0.2) is 48.5 Å². The third-order valence-corrected chi connectivity index (χ3v) is 3.20. The molecule has 0 aliphatic rings. The van der Waals surface area contributed by atoms with E-state index in [0.717, 1.165) is 12.1 Å². The van der Waals surface area contributed by atoms with Gasteiger partial charge in [0, 0.05) is 0 Å². The minimum Gasteiger partial charge on any atom is -0.465 e. The molecule has 0 radical (unpaired) electrons. The van der Waals surface area contributed by atoms with E-state index in [4.69, 9.17) is 0 Å². The maximum absolute atomic E-state index is 12.5. The van der Waals surface area contributed by atoms with E-state index in [1.165, 1.54) is 43.5 Å². The quantitative estimate of drug-likeness (QED) is 0.882. The second kappa shape index (κ2) is 6.19. The minimum atomic E-state index is -4.41. The Balaban J connectivity index is 2.21. The summed E-state index contributed by atoms with van der Waals surface area (Å²) in [6.45, 7) is 0. The summed E-state index contributed by atoms with van der Waals surface area (Å²) in [5.74, 6) is -0.504. The van der Waals surface area contributed by atoms with Crippen molar-refractivity contribution in [2.75, 3.05) is 7.11 Å². The average molecular weight is 310 g/mol. The Bertz CT molecular complexity index is 646. The van der Waals surface area contributed by atoms with E-state index in [0.29, 0.717) is 16.7 Å². The lowest BCUT2D eigenvalue weighted by Gasteiger charge is -2.13. The summed E-state index contributed by atoms with van der Waals surface area (Å²) in [5, 5.41) is 10.2. The van der Waals surface area contributed by atoms with Gasteiger partial charge in [0.2, 0.25) is 0 Å². The lowest BCUT2D eigenvalue weighted by molar-refractivity contribution is -0.137. The number of carbonyl (C=O) groups is 1. The highest BCUT2D eigenvalue weighted by Gasteiger charge is 2.30. The fourth-order valence-corrected chi connectivity index (χ4v) is 1.97. The molecule has 2 aromatic rings. The van der Waals surface area contributed by atoms with Crippen molar-refractivity contribution in [3.8, 4) is 0 Å². The molecule has 0 aromatic heterocycles. The van der Waals surface area contributed by atoms with Crippen molar-refractivity contribution in [2.24, 2.45) is 0 Å². The first-order valence-corrected chi connectivity index (χ1v) is 6.36. The molecule has 0 aliphatic heterocycles. The molecule has 0 aliphatic carbocycles. The summed E-state index contributed by atoms with van der Waals surface area (Å²) >= 11 is 0. The molecule has 0 saturated carbocycles. The summed E-state index contributed by atoms with van der Waals surface area (Å²) in [5.41, 5.74) is 0.349. The Morgan fingerprint density at radius 1 is 1.00 bits per heavy atom. The van der Waals surface area contributed by atoms with Crippen molar-refractivity contribution < 1.29 is 27.8 Å². The van der Waals surface area contributed by atoms with E-state index in [9.17, 15) is 23.1 Å². The number of esters is 1. The van der Waals surface area contributed by atoms with Gasteiger partial charge in [0.05, 0.1) is 18.2 Å². The molecule has 2 aromatic carbocycles. The maximum Gasteiger partial charge on any atom is 0.416 e. The fourth-order valence-electron chi connectivity index (χ4n) is 1.97. The predicted molar refractivity (Wildman–Crippen MR) is 73.3 cm³/mol. The molecular weight excluding hydrogens is 297 g/mol. The van der Waals surface area contributed by atoms with Crippen molar-refractivity contribution in [3.05, 3.63) is 70.8 Å². The second-order valence-electron chi connectivity index (χ2n) is 4.64. The van der Waals surface area contributed by atoms with Crippen molar-refractivity contribution in [1.29, 1.82) is 0 Å². The van der Waals surface area contributed by atoms with Crippen molar-refractivity contribution in [3.63, 3.8) is 0 Å². The molecule has 1 atom stereocenters. The van der Waals surface area contributed by atoms with E-state index in [1.54, 1.807) is 0 Å². The number of methoxy groups -OCH3 is 1. The lowest BCUT2D eigenvalue weighted by atomic mass is 9.99. The van der Waals surface area contributed by atoms with Gasteiger partial charge in [0.15, 0.2) is 0 Å². The number of rotatable bonds is 3. The molecule has 1 unspecified atom stereocenters. The minimum absolute atomic E-state index is 0.325. The van der Waals surface area contributed by atoms with E-state index < -0.39 is 23.8 Å². The van der Waals surface area contributed by atoms with Gasteiger partial charge in [-0.1, -0.05) is 24.3 Å². The smallest absolute Gasteiger partial charge is 0.416 e. The zero-order valence-corrected chi connectivity index (χ0v) is 11.6. The highest BCUT2D eigenvalue weighted by Crippen LogP contribution is 2.31. The SMILES string of the molecule is COC(=O)c1ccc(C(O)c2ccc(C(F)(F)F)cc2)cc1. The molecule has 0 spiro atoms. The van der Waals surface area contributed by atoms with Crippen LogP contribution >= 0.6 is 0 Å². The van der Waals surface area contributed by atoms with Gasteiger partial charge >= 0.3 is 12.1 Å². The van der Waals surface area contributed by atoms with E-state index >= 15 is 0 Å². The van der Waals surface area contributed by atoms with Crippen LogP contribution < -0.4 is 0 Å². The highest BCUT2D eigenvalue weighted by molar-refractivity contribution is 5.89. The summed E-state index contributed by atoms with van der Waals surface area (Å²) < 4.78 is 42.0. The van der Waals surface area contributed by atoms with Crippen LogP contribution in [0.3, 0.4) is 0 Å². The molecule has 0 bridgehead atoms. The molecule has 3 nitrogen and oxygen atoms in total. The van der Waals surface area contributed by atoms with Gasteiger partial charge in [-0.25, -0.2) is 4.79 Å². The molecular formula is C16H13F3O3. The summed E-state index contributed by atoms with van der Waals surface area (Å²) in [7, 11) is 1.26. The summed E-state index contributed by atoms with van der Waals surface area (Å²) in [4.78, 5) is 11.3. The Labute approximate surface area is 125 Å². The Morgan fingerprint density at radius 2 is 1.45 bits per heavy atom. The van der Waals surface area contributed by atoms with Gasteiger partial charge in [0.1, 0.15) is 6.10 Å². The molecule has 0 saturated heterocycles. The molecule has 0 fully saturated rings. The first kappa shape index (κ1) is 16.0. The third-order valence-electron chi connectivity index (χ3n) is 3.20. The molecule has 22 heavy (non-hydrogen) atoms. The number of ether oxygens (including phenoxy) is 1. The van der Waals surface area contributed by atoms with E-state index in [1.807, 2.05) is 0 Å². The van der Waals surface area contributed by atoms with Crippen LogP contribution in [0, 0.1) is 0 Å². The summed E-state index contributed by atoms with van der Waals surface area (Å²) in [6, 6.07) is 10.3. The molecule has 0 amide bonds. The Kier molecular flexibility index (Phi) is 4.51. The Morgan fingerprint density at radius 3 is 1.86 bits per heavy atom. The topological polar surface area (TPSA) is 46.5 Å². The zero-order chi connectivity index (χ0) is 16.3. The van der Waals surface area contributed by atoms with Crippen molar-refractivity contribution in [2.45, 2.75) is 12.3 Å². The average Bonchev–Trinajstić information content (AvgIpc) is 2.53. The predicted octanol–water partition coefficient (Wildman–Crippen LogP) is 3.57. The maximum atomic E-state index is 12.5. The van der Waals surface area contributed by atoms with Gasteiger partial charge in [-0.15, -0.1) is 0 Å². The number of hydrogen-bond acceptors (Lipinski definition) is 3. The molecule has 2 rings (SSSR count). The fraction of sp³-hybridized carbons (Fsp3) is 0.188. The van der Waals surface area contributed by atoms with E-state index in [2.05, 4.69) is 4.74 Å². The number of carbonyl (C=O) groups excluding carboxylic acids is 1. The molecule has 1 N–H and O–H groups in total. The van der Waals surface area contributed by atoms with Crippen molar-refractivity contribution in [1.82, 2.24) is 0 Å². The standard InChI is InChI=1S/C16H13F3O3/c1-22-15(21)12-4-2-10(3-5-12)14(20)11-6-8-13(9-7-11)16(17,18)19/h2-9,14,20H,1H3. The monoisotopic (exact) mass is 310 g/mol. The lowest BCUT2D eigenvalue weighted by Crippen LogP contribution is -2.06. The van der Waals surface area contributed by atoms with Crippen LogP contribution in [0.1, 0.15) is 33.2 Å². The van der Waals surface area contributed by atoms with E-state index in [-0.39, 0.29) is 0 Å². The van der Waals surface area contributed by atoms with Gasteiger partial charge in [0.25, 0.3) is 0 Å². The summed E-state index contributed by atoms with van der Waals surface area (Å²) in [6.07, 6.45) is -5.49. The number of aliphatic hydroxyl groups is 1. The van der Waals surface area contributed by atoms with Gasteiger partial charge in [-0.3, -0.25) is 0 Å². The number of benzene rings is 2. The first-order chi connectivity index (χ1) is 10.3. The zero-order valence-electron chi connectivity index (χ0n) is 11.6. The largest absolute Gasteiger partial charge is 0.465 e. The number of alkyl halides is 3. The molecule has 116 valence electrons. The molecule has 6 heteroatoms. The third kappa shape index (κ3) is 3.46. The number of hydrogen-bond donors (Lipinski definition) is 1. The van der Waals surface area contributed by atoms with Crippen molar-refractivity contribution >= 4 is 5.97 Å². The van der Waals surface area contributed by atoms with Gasteiger partial charge in [-0.05, 0) is 35.4 Å². The number of aliphatic hydroxyl groups excluding tert-OH is 1. The van der Waals surface area contributed by atoms with Crippen LogP contribution in [0.5, 0.6) is 0 Å².